The highest BCUT2D eigenvalue weighted by Crippen LogP contribution is 2.54. The zero-order valence-corrected chi connectivity index (χ0v) is 23.9. The molecule has 0 bridgehead atoms. The van der Waals surface area contributed by atoms with Crippen LogP contribution in [0.1, 0.15) is 57.6 Å². The fraction of sp³-hybridized carbons (Fsp3) is 0.194. The van der Waals surface area contributed by atoms with Crippen molar-refractivity contribution in [2.24, 2.45) is 0 Å². The summed E-state index contributed by atoms with van der Waals surface area (Å²) in [6.07, 6.45) is 0. The Morgan fingerprint density at radius 3 is 2.51 bits per heavy atom. The number of anilines is 2. The number of benzene rings is 3. The van der Waals surface area contributed by atoms with E-state index in [4.69, 9.17) is 16.0 Å². The second-order valence-electron chi connectivity index (χ2n) is 10.6. The van der Waals surface area contributed by atoms with Crippen molar-refractivity contribution in [1.29, 1.82) is 0 Å². The first-order valence-electron chi connectivity index (χ1n) is 13.1. The smallest absolute Gasteiger partial charge is 0.297 e. The highest BCUT2D eigenvalue weighted by atomic mass is 35.5. The molecular weight excluding hydrogens is 560 g/mol. The average Bonchev–Trinajstić information content (AvgIpc) is 3.61. The van der Waals surface area contributed by atoms with E-state index in [0.717, 1.165) is 11.1 Å². The van der Waals surface area contributed by atoms with E-state index in [1.54, 1.807) is 35.2 Å². The van der Waals surface area contributed by atoms with E-state index in [9.17, 15) is 14.4 Å². The van der Waals surface area contributed by atoms with Gasteiger partial charge in [-0.2, -0.15) is 0 Å². The SMILES string of the molecule is Cc1ccc2oc3c(c(=O)c2c1)C1(C(=O)N(Cc2ccccc2Cl)c2ccccc21)N(c1nnc(C(C)C)s1)C3=O. The van der Waals surface area contributed by atoms with Gasteiger partial charge in [0.2, 0.25) is 10.9 Å². The van der Waals surface area contributed by atoms with Crippen molar-refractivity contribution < 1.29 is 14.0 Å². The van der Waals surface area contributed by atoms with Gasteiger partial charge in [0.25, 0.3) is 11.8 Å². The van der Waals surface area contributed by atoms with Crippen molar-refractivity contribution in [3.8, 4) is 0 Å². The minimum Gasteiger partial charge on any atom is -0.450 e. The van der Waals surface area contributed by atoms with Crippen molar-refractivity contribution in [3.63, 3.8) is 0 Å². The molecule has 0 aliphatic carbocycles. The molecule has 1 atom stereocenters. The lowest BCUT2D eigenvalue weighted by atomic mass is 9.84. The molecule has 2 aliphatic heterocycles. The summed E-state index contributed by atoms with van der Waals surface area (Å²) in [5.41, 5.74) is 0.630. The summed E-state index contributed by atoms with van der Waals surface area (Å²) in [5.74, 6) is -1.21. The topological polar surface area (TPSA) is 96.6 Å². The number of para-hydroxylation sites is 1. The predicted octanol–water partition coefficient (Wildman–Crippen LogP) is 6.18. The second-order valence-corrected chi connectivity index (χ2v) is 12.0. The predicted molar refractivity (Wildman–Crippen MR) is 158 cm³/mol. The molecule has 4 heterocycles. The van der Waals surface area contributed by atoms with Crippen LogP contribution >= 0.6 is 22.9 Å². The second kappa shape index (κ2) is 9.09. The number of aromatic nitrogens is 2. The van der Waals surface area contributed by atoms with Crippen LogP contribution in [0.2, 0.25) is 5.02 Å². The average molecular weight is 583 g/mol. The number of carbonyl (C=O) groups excluding carboxylic acids is 2. The van der Waals surface area contributed by atoms with Gasteiger partial charge in [-0.25, -0.2) is 0 Å². The van der Waals surface area contributed by atoms with Crippen molar-refractivity contribution in [2.45, 2.75) is 38.8 Å². The van der Waals surface area contributed by atoms with E-state index in [2.05, 4.69) is 10.2 Å². The highest BCUT2D eigenvalue weighted by molar-refractivity contribution is 7.15. The first-order valence-corrected chi connectivity index (χ1v) is 14.3. The summed E-state index contributed by atoms with van der Waals surface area (Å²) in [5, 5.41) is 10.4. The summed E-state index contributed by atoms with van der Waals surface area (Å²) < 4.78 is 6.15. The van der Waals surface area contributed by atoms with Crippen molar-refractivity contribution >= 4 is 56.5 Å². The largest absolute Gasteiger partial charge is 0.450 e. The Bertz CT molecular complexity index is 1980. The van der Waals surface area contributed by atoms with Crippen LogP contribution in [0, 0.1) is 6.92 Å². The number of halogens is 1. The molecule has 2 amide bonds. The third-order valence-electron chi connectivity index (χ3n) is 7.68. The standard InChI is InChI=1S/C31H23ClN4O4S/c1-16(2)27-33-34-30(41-27)36-28(38)26-24(25(37)19-14-17(3)12-13-23(19)40-26)31(36)20-9-5-7-11-22(20)35(29(31)39)15-18-8-4-6-10-21(18)32/h4-14,16H,15H2,1-3H3. The highest BCUT2D eigenvalue weighted by Gasteiger charge is 2.66. The molecule has 41 heavy (non-hydrogen) atoms. The molecule has 0 saturated heterocycles. The molecule has 5 aromatic rings. The maximum atomic E-state index is 15.0. The number of hydrogen-bond donors (Lipinski definition) is 0. The van der Waals surface area contributed by atoms with Crippen LogP contribution < -0.4 is 15.2 Å². The summed E-state index contributed by atoms with van der Waals surface area (Å²) >= 11 is 7.73. The zero-order chi connectivity index (χ0) is 28.6. The van der Waals surface area contributed by atoms with Crippen LogP contribution in [-0.2, 0) is 16.9 Å². The molecule has 2 aromatic heterocycles. The maximum absolute atomic E-state index is 15.0. The lowest BCUT2D eigenvalue weighted by molar-refractivity contribution is -0.121. The minimum absolute atomic E-state index is 0.0130. The van der Waals surface area contributed by atoms with Crippen LogP contribution in [0.3, 0.4) is 0 Å². The summed E-state index contributed by atoms with van der Waals surface area (Å²) in [6, 6.07) is 19.7. The minimum atomic E-state index is -1.84. The fourth-order valence-corrected chi connectivity index (χ4v) is 6.87. The molecule has 204 valence electrons. The molecular formula is C31H23ClN4O4S. The Balaban J connectivity index is 1.56. The normalized spacial score (nSPS) is 17.8. The first kappa shape index (κ1) is 25.6. The Labute approximate surface area is 243 Å². The van der Waals surface area contributed by atoms with Crippen molar-refractivity contribution in [3.05, 3.63) is 115 Å². The van der Waals surface area contributed by atoms with Crippen LogP contribution in [0.15, 0.2) is 75.9 Å². The Morgan fingerprint density at radius 2 is 1.76 bits per heavy atom. The molecule has 2 aliphatic rings. The van der Waals surface area contributed by atoms with Gasteiger partial charge in [-0.1, -0.05) is 84.8 Å². The zero-order valence-electron chi connectivity index (χ0n) is 22.3. The number of carbonyl (C=O) groups is 2. The van der Waals surface area contributed by atoms with E-state index in [-0.39, 0.29) is 34.5 Å². The number of hydrogen-bond acceptors (Lipinski definition) is 7. The van der Waals surface area contributed by atoms with E-state index in [0.29, 0.717) is 26.7 Å². The van der Waals surface area contributed by atoms with Crippen LogP contribution in [-0.4, -0.2) is 22.0 Å². The lowest BCUT2D eigenvalue weighted by Gasteiger charge is -2.32. The van der Waals surface area contributed by atoms with E-state index in [1.807, 2.05) is 57.2 Å². The molecule has 0 radical (unpaired) electrons. The maximum Gasteiger partial charge on any atom is 0.297 e. The molecule has 0 saturated carbocycles. The Morgan fingerprint density at radius 1 is 1.00 bits per heavy atom. The van der Waals surface area contributed by atoms with Crippen LogP contribution in [0.5, 0.6) is 0 Å². The first-order chi connectivity index (χ1) is 19.7. The number of aryl methyl sites for hydroxylation is 1. The third kappa shape index (κ3) is 3.49. The van der Waals surface area contributed by atoms with Crippen molar-refractivity contribution in [2.75, 3.05) is 9.80 Å². The van der Waals surface area contributed by atoms with Gasteiger partial charge in [0.15, 0.2) is 11.0 Å². The van der Waals surface area contributed by atoms with E-state index < -0.39 is 22.8 Å². The van der Waals surface area contributed by atoms with Gasteiger partial charge in [0, 0.05) is 16.5 Å². The van der Waals surface area contributed by atoms with Gasteiger partial charge in [0.05, 0.1) is 23.2 Å². The van der Waals surface area contributed by atoms with E-state index in [1.165, 1.54) is 16.2 Å². The molecule has 0 N–H and O–H groups in total. The number of rotatable bonds is 4. The fourth-order valence-electron chi connectivity index (χ4n) is 5.78. The summed E-state index contributed by atoms with van der Waals surface area (Å²) in [6.45, 7) is 5.96. The quantitative estimate of drug-likeness (QED) is 0.251. The summed E-state index contributed by atoms with van der Waals surface area (Å²) in [7, 11) is 0. The van der Waals surface area contributed by atoms with Gasteiger partial charge in [-0.3, -0.25) is 19.3 Å². The summed E-state index contributed by atoms with van der Waals surface area (Å²) in [4.78, 5) is 46.5. The molecule has 0 fully saturated rings. The van der Waals surface area contributed by atoms with Gasteiger partial charge in [-0.05, 0) is 36.8 Å². The molecule has 10 heteroatoms. The Kier molecular flexibility index (Phi) is 5.68. The number of amides is 2. The monoisotopic (exact) mass is 582 g/mol. The number of nitrogens with zero attached hydrogens (tertiary/aromatic N) is 4. The lowest BCUT2D eigenvalue weighted by Crippen LogP contribution is -2.53. The van der Waals surface area contributed by atoms with Crippen LogP contribution in [0.25, 0.3) is 11.0 Å². The number of fused-ring (bicyclic) bond motifs is 5. The van der Waals surface area contributed by atoms with Gasteiger partial charge >= 0.3 is 0 Å². The molecule has 3 aromatic carbocycles. The van der Waals surface area contributed by atoms with Gasteiger partial charge in [-0.15, -0.1) is 10.2 Å². The van der Waals surface area contributed by atoms with Crippen molar-refractivity contribution in [1.82, 2.24) is 10.2 Å². The molecule has 1 unspecified atom stereocenters. The molecule has 7 rings (SSSR count). The molecule has 1 spiro atoms. The Hall–Kier alpha value is -4.34. The molecule has 8 nitrogen and oxygen atoms in total. The van der Waals surface area contributed by atoms with Crippen LogP contribution in [0.4, 0.5) is 10.8 Å². The third-order valence-corrected chi connectivity index (χ3v) is 9.26. The van der Waals surface area contributed by atoms with Gasteiger partial charge < -0.3 is 9.32 Å². The van der Waals surface area contributed by atoms with E-state index >= 15 is 0 Å². The van der Waals surface area contributed by atoms with Gasteiger partial charge in [0.1, 0.15) is 10.6 Å².